The number of aromatic carboxylic acids is 1. The minimum Gasteiger partial charge on any atom is -0.476 e. The highest BCUT2D eigenvalue weighted by atomic mass is 32.2. The lowest BCUT2D eigenvalue weighted by Crippen LogP contribution is -2.11. The number of carboxylic acids is 1. The van der Waals surface area contributed by atoms with Gasteiger partial charge in [-0.15, -0.1) is 16.5 Å². The second-order valence-electron chi connectivity index (χ2n) is 9.88. The highest BCUT2D eigenvalue weighted by molar-refractivity contribution is 7.89. The Labute approximate surface area is 242 Å². The van der Waals surface area contributed by atoms with Crippen molar-refractivity contribution < 1.29 is 24.3 Å². The Hall–Kier alpha value is -3.87. The van der Waals surface area contributed by atoms with Crippen molar-refractivity contribution in [2.24, 2.45) is 11.1 Å². The molecule has 2 heterocycles. The molecule has 1 saturated carbocycles. The van der Waals surface area contributed by atoms with Crippen molar-refractivity contribution in [3.8, 4) is 27.5 Å². The average molecular weight is 592 g/mol. The molecule has 0 spiro atoms. The normalized spacial score (nSPS) is 13.5. The SMILES string of the molecule is N[S+](O)c1ccc(Cc2c(-c3cccc(-c4cccc(F)c4)c3)nn(-c3nc(C(=O)O)cs3)c2CC2CC2)cc1.O. The smallest absolute Gasteiger partial charge is 0.355 e. The van der Waals surface area contributed by atoms with Crippen LogP contribution in [-0.2, 0) is 24.2 Å². The van der Waals surface area contributed by atoms with Crippen LogP contribution in [0.2, 0.25) is 0 Å². The quantitative estimate of drug-likeness (QED) is 0.192. The first-order chi connectivity index (χ1) is 19.4. The van der Waals surface area contributed by atoms with Gasteiger partial charge in [-0.2, -0.15) is 9.65 Å². The minimum atomic E-state index is -1.31. The van der Waals surface area contributed by atoms with Gasteiger partial charge in [-0.1, -0.05) is 42.5 Å². The summed E-state index contributed by atoms with van der Waals surface area (Å²) in [6, 6.07) is 21.9. The third-order valence-electron chi connectivity index (χ3n) is 7.00. The molecule has 0 aliphatic heterocycles. The molecule has 210 valence electrons. The Balaban J connectivity index is 0.00000337. The monoisotopic (exact) mass is 591 g/mol. The summed E-state index contributed by atoms with van der Waals surface area (Å²) in [6.07, 6.45) is 3.65. The molecule has 1 aliphatic carbocycles. The maximum atomic E-state index is 14.0. The largest absolute Gasteiger partial charge is 0.476 e. The van der Waals surface area contributed by atoms with E-state index in [0.29, 0.717) is 22.4 Å². The predicted molar refractivity (Wildman–Crippen MR) is 159 cm³/mol. The molecule has 3 aromatic carbocycles. The Bertz CT molecular complexity index is 1700. The number of hydrogen-bond acceptors (Lipinski definition) is 6. The first-order valence-corrected chi connectivity index (χ1v) is 14.9. The molecule has 6 N–H and O–H groups in total. The number of benzene rings is 3. The second kappa shape index (κ2) is 11.9. The fourth-order valence-corrected chi connectivity index (χ4v) is 5.98. The average Bonchev–Trinajstić information content (AvgIpc) is 3.51. The molecule has 5 aromatic rings. The molecule has 41 heavy (non-hydrogen) atoms. The van der Waals surface area contributed by atoms with Gasteiger partial charge < -0.3 is 10.6 Å². The summed E-state index contributed by atoms with van der Waals surface area (Å²) in [5.41, 5.74) is 6.32. The molecular formula is C30H28FN4O4S2+. The van der Waals surface area contributed by atoms with Gasteiger partial charge in [0.2, 0.25) is 10.0 Å². The summed E-state index contributed by atoms with van der Waals surface area (Å²) in [4.78, 5) is 16.6. The third-order valence-corrected chi connectivity index (χ3v) is 8.57. The van der Waals surface area contributed by atoms with Crippen molar-refractivity contribution >= 4 is 28.7 Å². The predicted octanol–water partition coefficient (Wildman–Crippen LogP) is 5.54. The first-order valence-electron chi connectivity index (χ1n) is 12.8. The van der Waals surface area contributed by atoms with Crippen molar-refractivity contribution in [2.45, 2.75) is 30.6 Å². The van der Waals surface area contributed by atoms with E-state index in [9.17, 15) is 18.8 Å². The Morgan fingerprint density at radius 1 is 1.05 bits per heavy atom. The number of halogens is 1. The van der Waals surface area contributed by atoms with Crippen LogP contribution in [0.15, 0.2) is 83.1 Å². The summed E-state index contributed by atoms with van der Waals surface area (Å²) in [5, 5.41) is 22.2. The van der Waals surface area contributed by atoms with Gasteiger partial charge >= 0.3 is 5.97 Å². The maximum absolute atomic E-state index is 14.0. The zero-order chi connectivity index (χ0) is 27.8. The molecular weight excluding hydrogens is 563 g/mol. The molecule has 1 unspecified atom stereocenters. The number of hydrogen-bond donors (Lipinski definition) is 3. The van der Waals surface area contributed by atoms with E-state index in [0.717, 1.165) is 58.5 Å². The summed E-state index contributed by atoms with van der Waals surface area (Å²) < 4.78 is 25.6. The zero-order valence-corrected chi connectivity index (χ0v) is 23.5. The summed E-state index contributed by atoms with van der Waals surface area (Å²) in [7, 11) is 0. The second-order valence-corrected chi connectivity index (χ2v) is 11.8. The van der Waals surface area contributed by atoms with Crippen LogP contribution in [0.3, 0.4) is 0 Å². The lowest BCUT2D eigenvalue weighted by Gasteiger charge is -2.09. The zero-order valence-electron chi connectivity index (χ0n) is 21.8. The van der Waals surface area contributed by atoms with Gasteiger partial charge in [0.1, 0.15) is 5.82 Å². The summed E-state index contributed by atoms with van der Waals surface area (Å²) in [6.45, 7) is 0. The van der Waals surface area contributed by atoms with Crippen LogP contribution in [-0.4, -0.2) is 35.9 Å². The van der Waals surface area contributed by atoms with Crippen LogP contribution in [0.1, 0.15) is 40.2 Å². The van der Waals surface area contributed by atoms with Gasteiger partial charge in [0.15, 0.2) is 5.69 Å². The van der Waals surface area contributed by atoms with E-state index in [1.54, 1.807) is 10.7 Å². The number of thiazole rings is 1. The van der Waals surface area contributed by atoms with Crippen LogP contribution in [0.25, 0.3) is 27.5 Å². The molecule has 0 saturated heterocycles. The molecule has 1 atom stereocenters. The number of nitrogens with two attached hydrogens (primary N) is 1. The molecule has 8 nitrogen and oxygen atoms in total. The van der Waals surface area contributed by atoms with Crippen LogP contribution in [0.5, 0.6) is 0 Å². The van der Waals surface area contributed by atoms with Crippen LogP contribution < -0.4 is 5.14 Å². The molecule has 11 heteroatoms. The molecule has 0 amide bonds. The minimum absolute atomic E-state index is 0. The van der Waals surface area contributed by atoms with Gasteiger partial charge in [0.25, 0.3) is 11.4 Å². The number of rotatable bonds is 9. The van der Waals surface area contributed by atoms with Crippen molar-refractivity contribution in [1.82, 2.24) is 14.8 Å². The molecule has 1 fully saturated rings. The summed E-state index contributed by atoms with van der Waals surface area (Å²) in [5.74, 6) is -0.843. The van der Waals surface area contributed by atoms with E-state index in [1.165, 1.54) is 28.8 Å². The highest BCUT2D eigenvalue weighted by Gasteiger charge is 2.29. The van der Waals surface area contributed by atoms with E-state index in [2.05, 4.69) is 4.98 Å². The fraction of sp³-hybridized carbons (Fsp3) is 0.167. The Kier molecular flexibility index (Phi) is 8.34. The van der Waals surface area contributed by atoms with Crippen molar-refractivity contribution in [3.63, 3.8) is 0 Å². The lowest BCUT2D eigenvalue weighted by molar-refractivity contribution is 0.0691. The first kappa shape index (κ1) is 28.7. The van der Waals surface area contributed by atoms with Gasteiger partial charge in [0, 0.05) is 22.9 Å². The molecule has 1 aliphatic rings. The Morgan fingerprint density at radius 3 is 2.37 bits per heavy atom. The number of aromatic nitrogens is 3. The van der Waals surface area contributed by atoms with Crippen molar-refractivity contribution in [2.75, 3.05) is 0 Å². The van der Waals surface area contributed by atoms with Crippen molar-refractivity contribution in [1.29, 1.82) is 0 Å². The number of carbonyl (C=O) groups is 1. The molecule has 2 aromatic heterocycles. The Morgan fingerprint density at radius 2 is 1.73 bits per heavy atom. The van der Waals surface area contributed by atoms with Gasteiger partial charge in [-0.25, -0.2) is 18.9 Å². The van der Waals surface area contributed by atoms with Gasteiger partial charge in [-0.3, -0.25) is 0 Å². The van der Waals surface area contributed by atoms with Gasteiger partial charge in [-0.05, 0) is 72.2 Å². The lowest BCUT2D eigenvalue weighted by atomic mass is 9.95. The maximum Gasteiger partial charge on any atom is 0.355 e. The van der Waals surface area contributed by atoms with E-state index >= 15 is 0 Å². The number of nitrogens with zero attached hydrogens (tertiary/aromatic N) is 3. The molecule has 0 bridgehead atoms. The number of carboxylic acid groups (broad SMARTS) is 1. The van der Waals surface area contributed by atoms with E-state index in [-0.39, 0.29) is 17.0 Å². The molecule has 0 radical (unpaired) electrons. The topological polar surface area (TPSA) is 146 Å². The summed E-state index contributed by atoms with van der Waals surface area (Å²) >= 11 is -0.0658. The van der Waals surface area contributed by atoms with Crippen LogP contribution in [0, 0.1) is 11.7 Å². The van der Waals surface area contributed by atoms with Crippen molar-refractivity contribution in [3.05, 3.63) is 107 Å². The van der Waals surface area contributed by atoms with Gasteiger partial charge in [0.05, 0.1) is 11.4 Å². The van der Waals surface area contributed by atoms with Crippen LogP contribution in [0.4, 0.5) is 4.39 Å². The standard InChI is InChI=1S/C30H25FN4O3S2.H2O/c31-23-6-2-4-21(16-23)20-3-1-5-22(15-20)28-25(13-18-9-11-24(12-10-18)40(32)38)27(14-19-7-8-19)35(34-28)30-33-26(17-39-30)29(36)37;/h1-6,9-12,15-17,19,38H,7-8,13-14,32H2;1H2/p+1. The highest BCUT2D eigenvalue weighted by Crippen LogP contribution is 2.38. The van der Waals surface area contributed by atoms with Crippen LogP contribution >= 0.6 is 11.3 Å². The fourth-order valence-electron chi connectivity index (χ4n) is 4.79. The van der Waals surface area contributed by atoms with E-state index < -0.39 is 17.3 Å². The van der Waals surface area contributed by atoms with E-state index in [4.69, 9.17) is 10.2 Å². The molecule has 6 rings (SSSR count). The third kappa shape index (κ3) is 6.24. The van der Waals surface area contributed by atoms with E-state index in [1.807, 2.05) is 54.6 Å².